The lowest BCUT2D eigenvalue weighted by atomic mass is 10.1. The van der Waals surface area contributed by atoms with E-state index in [1.165, 1.54) is 11.3 Å². The molecule has 0 aliphatic carbocycles. The van der Waals surface area contributed by atoms with Crippen LogP contribution in [-0.4, -0.2) is 4.57 Å². The van der Waals surface area contributed by atoms with Crippen molar-refractivity contribution < 1.29 is 0 Å². The first kappa shape index (κ1) is 9.99. The molecule has 2 N–H and O–H groups in total. The highest BCUT2D eigenvalue weighted by Gasteiger charge is 2.02. The molecule has 0 aliphatic rings. The maximum absolute atomic E-state index is 5.96. The van der Waals surface area contributed by atoms with Crippen LogP contribution in [0.1, 0.15) is 24.9 Å². The average Bonchev–Trinajstić information content (AvgIpc) is 2.82. The van der Waals surface area contributed by atoms with Gasteiger partial charge in [0.25, 0.3) is 0 Å². The van der Waals surface area contributed by atoms with Gasteiger partial charge in [-0.05, 0) is 36.2 Å². The lowest BCUT2D eigenvalue weighted by Crippen LogP contribution is -2.08. The van der Waals surface area contributed by atoms with Crippen molar-refractivity contribution in [3.8, 4) is 5.69 Å². The molecule has 0 fully saturated rings. The van der Waals surface area contributed by atoms with E-state index in [0.717, 1.165) is 6.42 Å². The Hall–Kier alpha value is -1.54. The molecule has 1 heterocycles. The van der Waals surface area contributed by atoms with E-state index in [0.29, 0.717) is 0 Å². The Bertz CT molecular complexity index is 401. The van der Waals surface area contributed by atoms with Gasteiger partial charge in [0.1, 0.15) is 0 Å². The molecule has 15 heavy (non-hydrogen) atoms. The van der Waals surface area contributed by atoms with Crippen LogP contribution >= 0.6 is 0 Å². The Morgan fingerprint density at radius 2 is 1.73 bits per heavy atom. The smallest absolute Gasteiger partial charge is 0.0449 e. The number of rotatable bonds is 3. The number of nitrogens with zero attached hydrogens (tertiary/aromatic N) is 1. The highest BCUT2D eigenvalue weighted by Crippen LogP contribution is 2.16. The molecular formula is C13H16N2. The van der Waals surface area contributed by atoms with Crippen molar-refractivity contribution in [3.63, 3.8) is 0 Å². The number of nitrogens with two attached hydrogens (primary N) is 1. The second-order valence-corrected chi connectivity index (χ2v) is 3.70. The molecule has 78 valence electrons. The standard InChI is InChI=1S/C13H16N2/c1-2-13(14)11-5-7-12(8-6-11)15-9-3-4-10-15/h3-10,13H,2,14H2,1H3/t13-/m0/s1. The lowest BCUT2D eigenvalue weighted by Gasteiger charge is -2.10. The van der Waals surface area contributed by atoms with Gasteiger partial charge < -0.3 is 10.3 Å². The van der Waals surface area contributed by atoms with Crippen molar-refractivity contribution in [1.82, 2.24) is 4.57 Å². The largest absolute Gasteiger partial charge is 0.324 e. The maximum Gasteiger partial charge on any atom is 0.0449 e. The molecule has 2 nitrogen and oxygen atoms in total. The summed E-state index contributed by atoms with van der Waals surface area (Å²) in [5.74, 6) is 0. The normalized spacial score (nSPS) is 12.7. The summed E-state index contributed by atoms with van der Waals surface area (Å²) in [4.78, 5) is 0. The number of benzene rings is 1. The van der Waals surface area contributed by atoms with E-state index >= 15 is 0 Å². The van der Waals surface area contributed by atoms with Gasteiger partial charge in [0, 0.05) is 24.1 Å². The lowest BCUT2D eigenvalue weighted by molar-refractivity contribution is 0.698. The first-order valence-corrected chi connectivity index (χ1v) is 5.30. The predicted molar refractivity (Wildman–Crippen MR) is 63.0 cm³/mol. The zero-order valence-corrected chi connectivity index (χ0v) is 8.93. The molecule has 0 saturated heterocycles. The van der Waals surface area contributed by atoms with Crippen molar-refractivity contribution in [2.45, 2.75) is 19.4 Å². The predicted octanol–water partition coefficient (Wildman–Crippen LogP) is 2.89. The third kappa shape index (κ3) is 2.10. The molecule has 2 heteroatoms. The average molecular weight is 200 g/mol. The Balaban J connectivity index is 2.25. The van der Waals surface area contributed by atoms with Crippen LogP contribution in [0.15, 0.2) is 48.8 Å². The van der Waals surface area contributed by atoms with Crippen molar-refractivity contribution in [1.29, 1.82) is 0 Å². The van der Waals surface area contributed by atoms with E-state index in [-0.39, 0.29) is 6.04 Å². The summed E-state index contributed by atoms with van der Waals surface area (Å²) in [5.41, 5.74) is 8.33. The van der Waals surface area contributed by atoms with Crippen LogP contribution in [0.2, 0.25) is 0 Å². The van der Waals surface area contributed by atoms with E-state index < -0.39 is 0 Å². The highest BCUT2D eigenvalue weighted by atomic mass is 14.9. The van der Waals surface area contributed by atoms with Crippen LogP contribution in [0.5, 0.6) is 0 Å². The van der Waals surface area contributed by atoms with Gasteiger partial charge in [-0.15, -0.1) is 0 Å². The van der Waals surface area contributed by atoms with Crippen LogP contribution in [0.4, 0.5) is 0 Å². The Morgan fingerprint density at radius 3 is 2.27 bits per heavy atom. The Morgan fingerprint density at radius 1 is 1.13 bits per heavy atom. The van der Waals surface area contributed by atoms with Crippen molar-refractivity contribution in [3.05, 3.63) is 54.4 Å². The second kappa shape index (κ2) is 4.32. The first-order valence-electron chi connectivity index (χ1n) is 5.30. The second-order valence-electron chi connectivity index (χ2n) is 3.70. The fourth-order valence-electron chi connectivity index (χ4n) is 1.64. The zero-order valence-electron chi connectivity index (χ0n) is 8.93. The van der Waals surface area contributed by atoms with Gasteiger partial charge in [0.2, 0.25) is 0 Å². The number of hydrogen-bond donors (Lipinski definition) is 1. The highest BCUT2D eigenvalue weighted by molar-refractivity contribution is 5.36. The van der Waals surface area contributed by atoms with Crippen LogP contribution in [0.25, 0.3) is 5.69 Å². The van der Waals surface area contributed by atoms with Gasteiger partial charge in [-0.2, -0.15) is 0 Å². The van der Waals surface area contributed by atoms with Gasteiger partial charge in [-0.3, -0.25) is 0 Å². The molecule has 0 spiro atoms. The van der Waals surface area contributed by atoms with Gasteiger partial charge in [-0.25, -0.2) is 0 Å². The molecule has 1 aromatic carbocycles. The molecule has 0 aliphatic heterocycles. The van der Waals surface area contributed by atoms with Gasteiger partial charge in [0.05, 0.1) is 0 Å². The minimum absolute atomic E-state index is 0.156. The van der Waals surface area contributed by atoms with Gasteiger partial charge in [-0.1, -0.05) is 19.1 Å². The van der Waals surface area contributed by atoms with Crippen LogP contribution in [-0.2, 0) is 0 Å². The summed E-state index contributed by atoms with van der Waals surface area (Å²) >= 11 is 0. The molecule has 0 radical (unpaired) electrons. The van der Waals surface area contributed by atoms with Gasteiger partial charge >= 0.3 is 0 Å². The summed E-state index contributed by atoms with van der Waals surface area (Å²) < 4.78 is 2.08. The van der Waals surface area contributed by atoms with Crippen LogP contribution in [0.3, 0.4) is 0 Å². The zero-order chi connectivity index (χ0) is 10.7. The molecule has 1 atom stereocenters. The van der Waals surface area contributed by atoms with E-state index in [1.807, 2.05) is 24.5 Å². The minimum atomic E-state index is 0.156. The number of aromatic nitrogens is 1. The summed E-state index contributed by atoms with van der Waals surface area (Å²) in [6.07, 6.45) is 5.05. The quantitative estimate of drug-likeness (QED) is 0.811. The van der Waals surface area contributed by atoms with E-state index in [2.05, 4.69) is 35.8 Å². The fraction of sp³-hybridized carbons (Fsp3) is 0.231. The monoisotopic (exact) mass is 200 g/mol. The van der Waals surface area contributed by atoms with Crippen LogP contribution in [0, 0.1) is 0 Å². The molecule has 1 aromatic heterocycles. The third-order valence-electron chi connectivity index (χ3n) is 2.66. The topological polar surface area (TPSA) is 30.9 Å². The molecule has 0 amide bonds. The van der Waals surface area contributed by atoms with Crippen LogP contribution < -0.4 is 5.73 Å². The van der Waals surface area contributed by atoms with Crippen molar-refractivity contribution in [2.24, 2.45) is 5.73 Å². The molecule has 2 aromatic rings. The minimum Gasteiger partial charge on any atom is -0.324 e. The number of hydrogen-bond acceptors (Lipinski definition) is 1. The molecule has 0 bridgehead atoms. The summed E-state index contributed by atoms with van der Waals surface area (Å²) in [7, 11) is 0. The molecule has 0 unspecified atom stereocenters. The summed E-state index contributed by atoms with van der Waals surface area (Å²) in [5, 5.41) is 0. The maximum atomic E-state index is 5.96. The summed E-state index contributed by atoms with van der Waals surface area (Å²) in [6.45, 7) is 2.10. The first-order chi connectivity index (χ1) is 7.31. The summed E-state index contributed by atoms with van der Waals surface area (Å²) in [6, 6.07) is 12.6. The molecule has 2 rings (SSSR count). The van der Waals surface area contributed by atoms with Crippen molar-refractivity contribution in [2.75, 3.05) is 0 Å². The third-order valence-corrected chi connectivity index (χ3v) is 2.66. The van der Waals surface area contributed by atoms with Crippen molar-refractivity contribution >= 4 is 0 Å². The van der Waals surface area contributed by atoms with E-state index in [9.17, 15) is 0 Å². The molecular weight excluding hydrogens is 184 g/mol. The van der Waals surface area contributed by atoms with E-state index in [1.54, 1.807) is 0 Å². The Kier molecular flexibility index (Phi) is 2.88. The fourth-order valence-corrected chi connectivity index (χ4v) is 1.64. The molecule has 0 saturated carbocycles. The van der Waals surface area contributed by atoms with E-state index in [4.69, 9.17) is 5.73 Å². The Labute approximate surface area is 90.3 Å². The SMILES string of the molecule is CC[C@H](N)c1ccc(-n2cccc2)cc1. The van der Waals surface area contributed by atoms with Gasteiger partial charge in [0.15, 0.2) is 0 Å².